The first-order chi connectivity index (χ1) is 15.7. The molecule has 3 aliphatic heterocycles. The van der Waals surface area contributed by atoms with E-state index in [-0.39, 0.29) is 5.76 Å². The van der Waals surface area contributed by atoms with Gasteiger partial charge in [-0.3, -0.25) is 14.9 Å². The van der Waals surface area contributed by atoms with Crippen molar-refractivity contribution in [3.63, 3.8) is 0 Å². The van der Waals surface area contributed by atoms with Crippen molar-refractivity contribution in [2.24, 2.45) is 9.98 Å². The summed E-state index contributed by atoms with van der Waals surface area (Å²) < 4.78 is 11.8. The first kappa shape index (κ1) is 20.5. The Morgan fingerprint density at radius 1 is 1.19 bits per heavy atom. The molecule has 8 heteroatoms. The summed E-state index contributed by atoms with van der Waals surface area (Å²) in [5.74, 6) is 2.80. The molecule has 0 saturated carbocycles. The summed E-state index contributed by atoms with van der Waals surface area (Å²) in [5, 5.41) is 10.7. The summed E-state index contributed by atoms with van der Waals surface area (Å²) >= 11 is 0. The number of hydrogen-bond donors (Lipinski definition) is 1. The Morgan fingerprint density at radius 3 is 2.84 bits per heavy atom. The van der Waals surface area contributed by atoms with E-state index in [0.717, 1.165) is 31.0 Å². The zero-order valence-electron chi connectivity index (χ0n) is 18.2. The fraction of sp³-hybridized carbons (Fsp3) is 0.375. The molecule has 2 aromatic rings. The number of nitrogens with zero attached hydrogens (tertiary/aromatic N) is 5. The van der Waals surface area contributed by atoms with Gasteiger partial charge in [0.2, 0.25) is 0 Å². The Kier molecular flexibility index (Phi) is 5.77. The highest BCUT2D eigenvalue weighted by Crippen LogP contribution is 2.43. The molecule has 32 heavy (non-hydrogen) atoms. The van der Waals surface area contributed by atoms with Crippen LogP contribution < -0.4 is 9.47 Å². The standard InChI is InChI=1S/C24H27N5O3/c1-31-23-20(32-14-13-28-10-2-3-11-28)7-6-18-22(23)27-21(29-12-9-26-24(18)29)15-19(30)17-5-4-8-25-16-17/h4-8,15-16,30H,2-3,9-14H2,1H3/b19-15-. The highest BCUT2D eigenvalue weighted by molar-refractivity contribution is 6.20. The second-order valence-electron chi connectivity index (χ2n) is 7.99. The summed E-state index contributed by atoms with van der Waals surface area (Å²) in [4.78, 5) is 18.1. The number of aliphatic imine (C=N–C) groups is 2. The van der Waals surface area contributed by atoms with Crippen LogP contribution in [0.1, 0.15) is 24.0 Å². The van der Waals surface area contributed by atoms with E-state index in [4.69, 9.17) is 14.5 Å². The molecule has 0 radical (unpaired) electrons. The molecule has 3 aliphatic rings. The zero-order valence-corrected chi connectivity index (χ0v) is 18.2. The first-order valence-corrected chi connectivity index (χ1v) is 11.0. The third-order valence-electron chi connectivity index (χ3n) is 5.97. The Bertz CT molecular complexity index is 1070. The van der Waals surface area contributed by atoms with Crippen molar-refractivity contribution in [2.45, 2.75) is 12.8 Å². The number of methoxy groups -OCH3 is 1. The number of aliphatic hydroxyl groups excluding tert-OH is 1. The molecule has 1 aromatic carbocycles. The van der Waals surface area contributed by atoms with Gasteiger partial charge < -0.3 is 19.5 Å². The number of fused-ring (bicyclic) bond motifs is 3. The average molecular weight is 434 g/mol. The number of amidine groups is 2. The van der Waals surface area contributed by atoms with Gasteiger partial charge in [-0.1, -0.05) is 0 Å². The lowest BCUT2D eigenvalue weighted by molar-refractivity contribution is 0.230. The van der Waals surface area contributed by atoms with Gasteiger partial charge >= 0.3 is 0 Å². The van der Waals surface area contributed by atoms with Gasteiger partial charge in [-0.15, -0.1) is 0 Å². The highest BCUT2D eigenvalue weighted by atomic mass is 16.5. The third kappa shape index (κ3) is 3.93. The molecule has 0 spiro atoms. The molecule has 0 aliphatic carbocycles. The predicted octanol–water partition coefficient (Wildman–Crippen LogP) is 3.27. The van der Waals surface area contributed by atoms with Crippen LogP contribution in [0.4, 0.5) is 5.69 Å². The van der Waals surface area contributed by atoms with Crippen LogP contribution in [0, 0.1) is 0 Å². The van der Waals surface area contributed by atoms with E-state index in [1.807, 2.05) is 23.1 Å². The normalized spacial score (nSPS) is 18.2. The van der Waals surface area contributed by atoms with Crippen molar-refractivity contribution >= 4 is 23.1 Å². The van der Waals surface area contributed by atoms with Gasteiger partial charge in [0, 0.05) is 42.7 Å². The van der Waals surface area contributed by atoms with Gasteiger partial charge in [0.05, 0.1) is 13.7 Å². The van der Waals surface area contributed by atoms with Gasteiger partial charge in [0.1, 0.15) is 29.7 Å². The summed E-state index contributed by atoms with van der Waals surface area (Å²) in [5.41, 5.74) is 2.21. The molecule has 0 atom stereocenters. The van der Waals surface area contributed by atoms with Crippen molar-refractivity contribution in [1.82, 2.24) is 14.8 Å². The zero-order chi connectivity index (χ0) is 21.9. The van der Waals surface area contributed by atoms with Crippen LogP contribution in [0.25, 0.3) is 5.76 Å². The quantitative estimate of drug-likeness (QED) is 0.675. The van der Waals surface area contributed by atoms with Gasteiger partial charge in [0.15, 0.2) is 11.5 Å². The van der Waals surface area contributed by atoms with E-state index >= 15 is 0 Å². The molecule has 0 amide bonds. The molecule has 1 aromatic heterocycles. The molecule has 0 unspecified atom stereocenters. The number of pyridine rings is 1. The van der Waals surface area contributed by atoms with Gasteiger partial charge in [0.25, 0.3) is 0 Å². The lowest BCUT2D eigenvalue weighted by atomic mass is 10.1. The maximum absolute atomic E-state index is 10.7. The van der Waals surface area contributed by atoms with Gasteiger partial charge in [-0.2, -0.15) is 0 Å². The van der Waals surface area contributed by atoms with Crippen molar-refractivity contribution in [1.29, 1.82) is 0 Å². The average Bonchev–Trinajstić information content (AvgIpc) is 3.52. The van der Waals surface area contributed by atoms with Gasteiger partial charge in [-0.25, -0.2) is 4.99 Å². The molecule has 4 heterocycles. The molecule has 8 nitrogen and oxygen atoms in total. The van der Waals surface area contributed by atoms with Crippen LogP contribution in [-0.2, 0) is 0 Å². The van der Waals surface area contributed by atoms with E-state index in [1.165, 1.54) is 12.8 Å². The minimum absolute atomic E-state index is 0.100. The lowest BCUT2D eigenvalue weighted by Gasteiger charge is -2.27. The number of aromatic nitrogens is 1. The van der Waals surface area contributed by atoms with E-state index in [0.29, 0.717) is 48.3 Å². The number of likely N-dealkylation sites (tertiary alicyclic amines) is 1. The molecule has 5 rings (SSSR count). The van der Waals surface area contributed by atoms with Crippen molar-refractivity contribution in [3.8, 4) is 11.5 Å². The molecular formula is C24H27N5O3. The molecular weight excluding hydrogens is 406 g/mol. The number of hydrogen-bond acceptors (Lipinski definition) is 8. The number of benzene rings is 1. The summed E-state index contributed by atoms with van der Waals surface area (Å²) in [6, 6.07) is 7.52. The monoisotopic (exact) mass is 433 g/mol. The highest BCUT2D eigenvalue weighted by Gasteiger charge is 2.32. The molecule has 1 fully saturated rings. The van der Waals surface area contributed by atoms with Crippen LogP contribution in [0.2, 0.25) is 0 Å². The van der Waals surface area contributed by atoms with Crippen LogP contribution >= 0.6 is 0 Å². The fourth-order valence-electron chi connectivity index (χ4n) is 4.35. The summed E-state index contributed by atoms with van der Waals surface area (Å²) in [6.07, 6.45) is 7.47. The van der Waals surface area contributed by atoms with Crippen LogP contribution in [0.3, 0.4) is 0 Å². The smallest absolute Gasteiger partial charge is 0.187 e. The van der Waals surface area contributed by atoms with E-state index in [9.17, 15) is 5.11 Å². The van der Waals surface area contributed by atoms with Crippen LogP contribution in [-0.4, -0.2) is 78.0 Å². The first-order valence-electron chi connectivity index (χ1n) is 11.0. The Hall–Kier alpha value is -3.39. The fourth-order valence-corrected chi connectivity index (χ4v) is 4.35. The predicted molar refractivity (Wildman–Crippen MR) is 124 cm³/mol. The van der Waals surface area contributed by atoms with Crippen LogP contribution in [0.5, 0.6) is 11.5 Å². The molecule has 0 bridgehead atoms. The Morgan fingerprint density at radius 2 is 2.06 bits per heavy atom. The number of aliphatic hydroxyl groups is 1. The lowest BCUT2D eigenvalue weighted by Crippen LogP contribution is -2.36. The van der Waals surface area contributed by atoms with Crippen molar-refractivity contribution < 1.29 is 14.6 Å². The molecule has 1 saturated heterocycles. The number of rotatable bonds is 7. The van der Waals surface area contributed by atoms with Crippen molar-refractivity contribution in [2.75, 3.05) is 46.4 Å². The second kappa shape index (κ2) is 9.00. The van der Waals surface area contributed by atoms with Crippen molar-refractivity contribution in [3.05, 3.63) is 53.9 Å². The minimum Gasteiger partial charge on any atom is -0.507 e. The SMILES string of the molecule is COc1c(OCCN2CCCC2)ccc2c1N=C(/C=C(\O)c1cccnc1)N1CCN=C21. The second-order valence-corrected chi connectivity index (χ2v) is 7.99. The minimum atomic E-state index is 0.100. The molecule has 166 valence electrons. The van der Waals surface area contributed by atoms with Crippen LogP contribution in [0.15, 0.2) is 52.7 Å². The third-order valence-corrected chi connectivity index (χ3v) is 5.97. The van der Waals surface area contributed by atoms with Gasteiger partial charge in [-0.05, 0) is 50.2 Å². The summed E-state index contributed by atoms with van der Waals surface area (Å²) in [7, 11) is 1.63. The van der Waals surface area contributed by atoms with E-state index in [1.54, 1.807) is 31.6 Å². The Labute approximate surface area is 187 Å². The topological polar surface area (TPSA) is 82.8 Å². The molecule has 1 N–H and O–H groups in total. The largest absolute Gasteiger partial charge is 0.507 e. The maximum Gasteiger partial charge on any atom is 0.187 e. The summed E-state index contributed by atoms with van der Waals surface area (Å²) in [6.45, 7) is 5.16. The van der Waals surface area contributed by atoms with E-state index < -0.39 is 0 Å². The number of ether oxygens (including phenoxy) is 2. The Balaban J connectivity index is 1.47. The maximum atomic E-state index is 10.7. The van der Waals surface area contributed by atoms with E-state index in [2.05, 4.69) is 14.9 Å².